The van der Waals surface area contributed by atoms with Gasteiger partial charge in [-0.1, -0.05) is 6.42 Å². The molecular weight excluding hydrogens is 419 g/mol. The lowest BCUT2D eigenvalue weighted by molar-refractivity contribution is -0.185. The van der Waals surface area contributed by atoms with Crippen LogP contribution in [0.5, 0.6) is 0 Å². The molecule has 0 spiro atoms. The quantitative estimate of drug-likeness (QED) is 0.418. The average Bonchev–Trinajstić information content (AvgIpc) is 2.66. The summed E-state index contributed by atoms with van der Waals surface area (Å²) in [6, 6.07) is -0.539. The molecule has 0 aromatic carbocycles. The molecule has 1 saturated heterocycles. The molecule has 0 amide bonds. The Labute approximate surface area is 171 Å². The van der Waals surface area contributed by atoms with Gasteiger partial charge in [0.25, 0.3) is 0 Å². The summed E-state index contributed by atoms with van der Waals surface area (Å²) >= 11 is 0. The minimum atomic E-state index is -4.57. The molecule has 1 aliphatic heterocycles. The van der Waals surface area contributed by atoms with E-state index in [-0.39, 0.29) is 18.8 Å². The van der Waals surface area contributed by atoms with Gasteiger partial charge in [-0.05, 0) is 50.9 Å². The fourth-order valence-corrected chi connectivity index (χ4v) is 4.53. The highest BCUT2D eigenvalue weighted by atomic mass is 19.4. The van der Waals surface area contributed by atoms with E-state index in [2.05, 4.69) is 26.6 Å². The highest BCUT2D eigenvalue weighted by Gasteiger charge is 2.46. The monoisotopic (exact) mass is 449 g/mol. The number of rotatable bonds is 5. The lowest BCUT2D eigenvalue weighted by atomic mass is 9.85. The molecule has 176 valence electrons. The zero-order chi connectivity index (χ0) is 21.9. The first kappa shape index (κ1) is 24.0. The molecule has 3 rings (SSSR count). The van der Waals surface area contributed by atoms with Gasteiger partial charge < -0.3 is 0 Å². The molecule has 2 saturated carbocycles. The average molecular weight is 449 g/mol. The second-order valence-electron chi connectivity index (χ2n) is 8.64. The van der Waals surface area contributed by atoms with E-state index < -0.39 is 49.2 Å². The van der Waals surface area contributed by atoms with Crippen molar-refractivity contribution in [1.82, 2.24) is 26.6 Å². The summed E-state index contributed by atoms with van der Waals surface area (Å²) in [4.78, 5) is 0. The van der Waals surface area contributed by atoms with Crippen molar-refractivity contribution in [2.24, 2.45) is 11.8 Å². The second-order valence-corrected chi connectivity index (χ2v) is 8.64. The molecule has 5 nitrogen and oxygen atoms in total. The Kier molecular flexibility index (Phi) is 7.86. The minimum Gasteiger partial charge on any atom is -0.289 e. The molecule has 2 aliphatic carbocycles. The van der Waals surface area contributed by atoms with Gasteiger partial charge in [0.15, 0.2) is 6.17 Å². The topological polar surface area (TPSA) is 60.1 Å². The first-order valence-corrected chi connectivity index (χ1v) is 10.6. The van der Waals surface area contributed by atoms with E-state index in [9.17, 15) is 30.7 Å². The highest BCUT2D eigenvalue weighted by molar-refractivity contribution is 4.89. The van der Waals surface area contributed by atoms with Gasteiger partial charge in [0.1, 0.15) is 18.8 Å². The molecule has 5 unspecified atom stereocenters. The van der Waals surface area contributed by atoms with Gasteiger partial charge in [-0.2, -0.15) is 26.3 Å². The fourth-order valence-electron chi connectivity index (χ4n) is 4.53. The summed E-state index contributed by atoms with van der Waals surface area (Å²) in [5.41, 5.74) is 0. The van der Waals surface area contributed by atoms with Crippen LogP contribution in [0.15, 0.2) is 0 Å². The molecule has 5 atom stereocenters. The van der Waals surface area contributed by atoms with Gasteiger partial charge in [0.2, 0.25) is 0 Å². The zero-order valence-electron chi connectivity index (χ0n) is 16.6. The first-order valence-electron chi connectivity index (χ1n) is 10.6. The Bertz CT molecular complexity index is 536. The summed E-state index contributed by atoms with van der Waals surface area (Å²) < 4.78 is 92.3. The molecule has 3 fully saturated rings. The van der Waals surface area contributed by atoms with Crippen molar-refractivity contribution in [3.05, 3.63) is 0 Å². The fraction of sp³-hybridized carbons (Fsp3) is 1.00. The van der Waals surface area contributed by atoms with Crippen molar-refractivity contribution in [2.75, 3.05) is 6.54 Å². The van der Waals surface area contributed by atoms with Gasteiger partial charge in [-0.15, -0.1) is 0 Å². The van der Waals surface area contributed by atoms with Crippen LogP contribution >= 0.6 is 0 Å². The summed E-state index contributed by atoms with van der Waals surface area (Å²) in [5, 5.41) is 13.5. The molecular formula is C18H30F7N5. The van der Waals surface area contributed by atoms with Crippen LogP contribution < -0.4 is 26.6 Å². The van der Waals surface area contributed by atoms with E-state index in [1.165, 1.54) is 0 Å². The molecule has 5 N–H and O–H groups in total. The highest BCUT2D eigenvalue weighted by Crippen LogP contribution is 2.37. The molecule has 1 heterocycles. The maximum absolute atomic E-state index is 13.3. The van der Waals surface area contributed by atoms with E-state index in [1.807, 2.05) is 0 Å². The summed E-state index contributed by atoms with van der Waals surface area (Å²) in [6.45, 7) is 0.425. The SMILES string of the molecule is FC1CCC(CNC2NC(NC3CCCC(C(F)(F)F)C3)NC(C(F)(F)F)N2)CC1. The van der Waals surface area contributed by atoms with Crippen molar-refractivity contribution in [3.8, 4) is 0 Å². The number of hydrogen-bond acceptors (Lipinski definition) is 5. The van der Waals surface area contributed by atoms with Gasteiger partial charge in [0, 0.05) is 12.6 Å². The van der Waals surface area contributed by atoms with Crippen molar-refractivity contribution in [2.45, 2.75) is 94.7 Å². The number of alkyl halides is 7. The number of nitrogens with one attached hydrogen (secondary N) is 5. The van der Waals surface area contributed by atoms with E-state index in [4.69, 9.17) is 0 Å². The lowest BCUT2D eigenvalue weighted by Gasteiger charge is -2.42. The van der Waals surface area contributed by atoms with E-state index >= 15 is 0 Å². The molecule has 3 aliphatic rings. The predicted octanol–water partition coefficient (Wildman–Crippen LogP) is 3.05. The summed E-state index contributed by atoms with van der Waals surface area (Å²) in [6.07, 6.45) is -10.6. The smallest absolute Gasteiger partial charge is 0.289 e. The third-order valence-corrected chi connectivity index (χ3v) is 6.25. The van der Waals surface area contributed by atoms with Crippen LogP contribution in [0.4, 0.5) is 30.7 Å². The summed E-state index contributed by atoms with van der Waals surface area (Å²) in [7, 11) is 0. The largest absolute Gasteiger partial charge is 0.417 e. The molecule has 0 bridgehead atoms. The third-order valence-electron chi connectivity index (χ3n) is 6.25. The Hall–Kier alpha value is -0.690. The molecule has 0 aromatic rings. The standard InChI is InChI=1S/C18H30F7N5/c19-12-6-4-10(5-7-12)9-26-15-28-14(18(23,24)25)29-16(30-15)27-13-3-1-2-11(8-13)17(20,21)22/h10-16,26-30H,1-9H2. The van der Waals surface area contributed by atoms with E-state index in [1.54, 1.807) is 0 Å². The maximum Gasteiger partial charge on any atom is 0.417 e. The van der Waals surface area contributed by atoms with Crippen LogP contribution in [0, 0.1) is 11.8 Å². The van der Waals surface area contributed by atoms with Crippen LogP contribution in [0.25, 0.3) is 0 Å². The van der Waals surface area contributed by atoms with Crippen LogP contribution in [0.3, 0.4) is 0 Å². The molecule has 0 aromatic heterocycles. The number of hydrogen-bond donors (Lipinski definition) is 5. The number of halogens is 7. The normalized spacial score (nSPS) is 39.1. The molecule has 0 radical (unpaired) electrons. The lowest BCUT2D eigenvalue weighted by Crippen LogP contribution is -2.78. The van der Waals surface area contributed by atoms with Crippen LogP contribution in [0.2, 0.25) is 0 Å². The molecule has 12 heteroatoms. The predicted molar refractivity (Wildman–Crippen MR) is 96.6 cm³/mol. The van der Waals surface area contributed by atoms with Crippen molar-refractivity contribution < 1.29 is 30.7 Å². The van der Waals surface area contributed by atoms with Crippen LogP contribution in [-0.4, -0.2) is 49.9 Å². The van der Waals surface area contributed by atoms with Gasteiger partial charge in [-0.25, -0.2) is 4.39 Å². The second kappa shape index (κ2) is 9.85. The van der Waals surface area contributed by atoms with Crippen LogP contribution in [-0.2, 0) is 0 Å². The van der Waals surface area contributed by atoms with Gasteiger partial charge in [0.05, 0.1) is 5.92 Å². The van der Waals surface area contributed by atoms with Crippen molar-refractivity contribution in [3.63, 3.8) is 0 Å². The third kappa shape index (κ3) is 6.91. The first-order chi connectivity index (χ1) is 14.0. The zero-order valence-corrected chi connectivity index (χ0v) is 16.6. The van der Waals surface area contributed by atoms with Crippen molar-refractivity contribution >= 4 is 0 Å². The Morgan fingerprint density at radius 3 is 2.07 bits per heavy atom. The Morgan fingerprint density at radius 2 is 1.43 bits per heavy atom. The van der Waals surface area contributed by atoms with Crippen LogP contribution in [0.1, 0.15) is 51.4 Å². The minimum absolute atomic E-state index is 0.0469. The summed E-state index contributed by atoms with van der Waals surface area (Å²) in [5.74, 6) is -1.26. The molecule has 30 heavy (non-hydrogen) atoms. The maximum atomic E-state index is 13.3. The Balaban J connectivity index is 1.55. The Morgan fingerprint density at radius 1 is 0.767 bits per heavy atom. The van der Waals surface area contributed by atoms with E-state index in [0.29, 0.717) is 45.1 Å². The van der Waals surface area contributed by atoms with Gasteiger partial charge >= 0.3 is 12.4 Å². The van der Waals surface area contributed by atoms with Crippen molar-refractivity contribution in [1.29, 1.82) is 0 Å². The van der Waals surface area contributed by atoms with E-state index in [0.717, 1.165) is 0 Å². The van der Waals surface area contributed by atoms with Gasteiger partial charge in [-0.3, -0.25) is 26.6 Å².